The van der Waals surface area contributed by atoms with Crippen molar-refractivity contribution in [2.45, 2.75) is 13.0 Å². The quantitative estimate of drug-likeness (QED) is 0.735. The molecule has 0 spiro atoms. The van der Waals surface area contributed by atoms with Crippen LogP contribution in [0.2, 0.25) is 4.34 Å². The molecule has 114 valence electrons. The Morgan fingerprint density at radius 2 is 2.14 bits per heavy atom. The van der Waals surface area contributed by atoms with E-state index in [0.29, 0.717) is 16.3 Å². The van der Waals surface area contributed by atoms with Crippen LogP contribution in [0.15, 0.2) is 36.4 Å². The average Bonchev–Trinajstić information content (AvgIpc) is 2.91. The van der Waals surface area contributed by atoms with Crippen molar-refractivity contribution in [3.63, 3.8) is 0 Å². The summed E-state index contributed by atoms with van der Waals surface area (Å²) in [4.78, 5) is 5.17. The number of hydrogen-bond acceptors (Lipinski definition) is 4. The highest BCUT2D eigenvalue weighted by Gasteiger charge is 2.12. The molecule has 0 bridgehead atoms. The highest BCUT2D eigenvalue weighted by Crippen LogP contribution is 2.28. The van der Waals surface area contributed by atoms with Gasteiger partial charge in [0, 0.05) is 28.2 Å². The van der Waals surface area contributed by atoms with Gasteiger partial charge in [0.25, 0.3) is 0 Å². The van der Waals surface area contributed by atoms with Crippen LogP contribution in [0.3, 0.4) is 0 Å². The number of halogens is 2. The molecule has 0 saturated heterocycles. The molecule has 1 unspecified atom stereocenters. The molecule has 2 heterocycles. The Morgan fingerprint density at radius 3 is 2.86 bits per heavy atom. The molecule has 1 atom stereocenters. The van der Waals surface area contributed by atoms with Gasteiger partial charge in [-0.1, -0.05) is 11.6 Å². The smallest absolute Gasteiger partial charge is 0.124 e. The van der Waals surface area contributed by atoms with E-state index in [1.807, 2.05) is 13.0 Å². The van der Waals surface area contributed by atoms with Crippen molar-refractivity contribution in [1.29, 1.82) is 0 Å². The molecule has 6 heteroatoms. The number of anilines is 1. The summed E-state index contributed by atoms with van der Waals surface area (Å²) in [5.41, 5.74) is 2.30. The second-order valence-electron chi connectivity index (χ2n) is 5.01. The maximum Gasteiger partial charge on any atom is 0.124 e. The molecule has 0 saturated carbocycles. The van der Waals surface area contributed by atoms with Gasteiger partial charge in [-0.2, -0.15) is 0 Å². The van der Waals surface area contributed by atoms with Crippen molar-refractivity contribution in [1.82, 2.24) is 4.98 Å². The van der Waals surface area contributed by atoms with E-state index < -0.39 is 6.10 Å². The van der Waals surface area contributed by atoms with Gasteiger partial charge in [-0.05, 0) is 43.3 Å². The predicted octanol–water partition coefficient (Wildman–Crippen LogP) is 4.54. The Balaban J connectivity index is 1.85. The van der Waals surface area contributed by atoms with E-state index in [-0.39, 0.29) is 5.82 Å². The topological polar surface area (TPSA) is 45.1 Å². The van der Waals surface area contributed by atoms with Gasteiger partial charge in [0.2, 0.25) is 0 Å². The van der Waals surface area contributed by atoms with Gasteiger partial charge in [-0.15, -0.1) is 11.3 Å². The van der Waals surface area contributed by atoms with Crippen LogP contribution >= 0.6 is 22.9 Å². The van der Waals surface area contributed by atoms with E-state index in [1.165, 1.54) is 23.5 Å². The van der Waals surface area contributed by atoms with Crippen molar-refractivity contribution in [2.75, 3.05) is 11.9 Å². The molecule has 0 fully saturated rings. The molecule has 0 radical (unpaired) electrons. The lowest BCUT2D eigenvalue weighted by atomic mass is 10.1. The fourth-order valence-electron chi connectivity index (χ4n) is 2.29. The lowest BCUT2D eigenvalue weighted by Crippen LogP contribution is -2.11. The summed E-state index contributed by atoms with van der Waals surface area (Å²) in [7, 11) is 0. The number of rotatable bonds is 4. The summed E-state index contributed by atoms with van der Waals surface area (Å²) in [6, 6.07) is 9.88. The van der Waals surface area contributed by atoms with Gasteiger partial charge in [0.1, 0.15) is 11.9 Å². The monoisotopic (exact) mass is 336 g/mol. The molecule has 3 nitrogen and oxygen atoms in total. The highest BCUT2D eigenvalue weighted by atomic mass is 35.5. The lowest BCUT2D eigenvalue weighted by Gasteiger charge is -2.14. The largest absolute Gasteiger partial charge is 0.386 e. The van der Waals surface area contributed by atoms with Crippen molar-refractivity contribution >= 4 is 39.5 Å². The first-order valence-electron chi connectivity index (χ1n) is 6.77. The van der Waals surface area contributed by atoms with Gasteiger partial charge in [0.15, 0.2) is 0 Å². The second kappa shape index (κ2) is 6.20. The minimum Gasteiger partial charge on any atom is -0.386 e. The SMILES string of the molecule is Cc1cc(NCC(O)c2ccc(Cl)s2)c2cc(F)ccc2n1. The fraction of sp³-hybridized carbons (Fsp3) is 0.188. The van der Waals surface area contributed by atoms with E-state index in [1.54, 1.807) is 18.2 Å². The van der Waals surface area contributed by atoms with Gasteiger partial charge < -0.3 is 10.4 Å². The Kier molecular flexibility index (Phi) is 4.29. The maximum atomic E-state index is 13.5. The Bertz CT molecular complexity index is 821. The van der Waals surface area contributed by atoms with E-state index in [4.69, 9.17) is 11.6 Å². The number of thiophene rings is 1. The highest BCUT2D eigenvalue weighted by molar-refractivity contribution is 7.16. The average molecular weight is 337 g/mol. The third-order valence-electron chi connectivity index (χ3n) is 3.31. The number of nitrogens with one attached hydrogen (secondary N) is 1. The molecular formula is C16H14ClFN2OS. The van der Waals surface area contributed by atoms with Gasteiger partial charge in [0.05, 0.1) is 9.85 Å². The van der Waals surface area contributed by atoms with Crippen LogP contribution in [-0.4, -0.2) is 16.6 Å². The summed E-state index contributed by atoms with van der Waals surface area (Å²) in [5, 5.41) is 14.1. The molecule has 0 aliphatic rings. The molecule has 2 N–H and O–H groups in total. The van der Waals surface area contributed by atoms with Crippen LogP contribution in [0.4, 0.5) is 10.1 Å². The van der Waals surface area contributed by atoms with Gasteiger partial charge >= 0.3 is 0 Å². The Morgan fingerprint density at radius 1 is 1.32 bits per heavy atom. The molecule has 0 aliphatic heterocycles. The van der Waals surface area contributed by atoms with Crippen LogP contribution in [0.25, 0.3) is 10.9 Å². The van der Waals surface area contributed by atoms with Crippen molar-refractivity contribution in [3.8, 4) is 0 Å². The third-order valence-corrected chi connectivity index (χ3v) is 4.64. The van der Waals surface area contributed by atoms with Crippen LogP contribution in [0, 0.1) is 12.7 Å². The molecule has 1 aromatic carbocycles. The first-order chi connectivity index (χ1) is 10.5. The summed E-state index contributed by atoms with van der Waals surface area (Å²) in [5.74, 6) is -0.313. The predicted molar refractivity (Wildman–Crippen MR) is 89.2 cm³/mol. The number of pyridine rings is 1. The Labute approximate surface area is 136 Å². The third kappa shape index (κ3) is 3.21. The van der Waals surface area contributed by atoms with Crippen molar-refractivity contribution < 1.29 is 9.50 Å². The lowest BCUT2D eigenvalue weighted by molar-refractivity contribution is 0.195. The van der Waals surface area contributed by atoms with Gasteiger partial charge in [-0.3, -0.25) is 4.98 Å². The minimum absolute atomic E-state index is 0.311. The van der Waals surface area contributed by atoms with Crippen LogP contribution in [0.1, 0.15) is 16.7 Å². The van der Waals surface area contributed by atoms with Gasteiger partial charge in [-0.25, -0.2) is 4.39 Å². The number of aromatic nitrogens is 1. The Hall–Kier alpha value is -1.69. The fourth-order valence-corrected chi connectivity index (χ4v) is 3.34. The number of aliphatic hydroxyl groups is 1. The number of hydrogen-bond donors (Lipinski definition) is 2. The van der Waals surface area contributed by atoms with E-state index in [2.05, 4.69) is 10.3 Å². The molecule has 0 aliphatic carbocycles. The van der Waals surface area contributed by atoms with Crippen LogP contribution < -0.4 is 5.32 Å². The molecular weight excluding hydrogens is 323 g/mol. The molecule has 2 aromatic heterocycles. The summed E-state index contributed by atoms with van der Waals surface area (Å²) >= 11 is 7.22. The summed E-state index contributed by atoms with van der Waals surface area (Å²) in [6.45, 7) is 2.19. The molecule has 3 aromatic rings. The summed E-state index contributed by atoms with van der Waals surface area (Å²) < 4.78 is 14.1. The zero-order valence-corrected chi connectivity index (χ0v) is 13.4. The molecule has 22 heavy (non-hydrogen) atoms. The number of aryl methyl sites for hydroxylation is 1. The number of fused-ring (bicyclic) bond motifs is 1. The van der Waals surface area contributed by atoms with E-state index in [9.17, 15) is 9.50 Å². The van der Waals surface area contributed by atoms with Crippen LogP contribution in [-0.2, 0) is 0 Å². The van der Waals surface area contributed by atoms with E-state index in [0.717, 1.165) is 21.8 Å². The zero-order valence-electron chi connectivity index (χ0n) is 11.8. The van der Waals surface area contributed by atoms with Crippen molar-refractivity contribution in [2.24, 2.45) is 0 Å². The summed E-state index contributed by atoms with van der Waals surface area (Å²) in [6.07, 6.45) is -0.672. The first kappa shape index (κ1) is 15.2. The molecule has 3 rings (SSSR count). The first-order valence-corrected chi connectivity index (χ1v) is 7.96. The molecule has 0 amide bonds. The number of nitrogens with zero attached hydrogens (tertiary/aromatic N) is 1. The number of aliphatic hydroxyl groups excluding tert-OH is 1. The standard InChI is InChI=1S/C16H14ClFN2OS/c1-9-6-13(11-7-10(18)2-3-12(11)20-9)19-8-14(21)15-4-5-16(17)22-15/h2-7,14,21H,8H2,1H3,(H,19,20). The van der Waals surface area contributed by atoms with E-state index >= 15 is 0 Å². The minimum atomic E-state index is -0.672. The number of benzene rings is 1. The second-order valence-corrected chi connectivity index (χ2v) is 6.76. The maximum absolute atomic E-state index is 13.5. The normalized spacial score (nSPS) is 12.5. The van der Waals surface area contributed by atoms with Crippen molar-refractivity contribution in [3.05, 3.63) is 57.1 Å². The van der Waals surface area contributed by atoms with Crippen LogP contribution in [0.5, 0.6) is 0 Å². The zero-order chi connectivity index (χ0) is 15.7.